The summed E-state index contributed by atoms with van der Waals surface area (Å²) in [5.41, 5.74) is 1.19. The molecular weight excluding hydrogens is 302 g/mol. The first-order valence-electron chi connectivity index (χ1n) is 9.28. The highest BCUT2D eigenvalue weighted by molar-refractivity contribution is 5.47. The topological polar surface area (TPSA) is 48.0 Å². The Balaban J connectivity index is 1.85. The summed E-state index contributed by atoms with van der Waals surface area (Å²) in [6.07, 6.45) is 2.35. The summed E-state index contributed by atoms with van der Waals surface area (Å²) in [5.74, 6) is 0. The largest absolute Gasteiger partial charge is 0.381 e. The minimum absolute atomic E-state index is 0.0896. The molecule has 2 saturated heterocycles. The van der Waals surface area contributed by atoms with Gasteiger partial charge in [0.25, 0.3) is 0 Å². The molecule has 2 aliphatic heterocycles. The van der Waals surface area contributed by atoms with Crippen LogP contribution in [0.15, 0.2) is 30.3 Å². The summed E-state index contributed by atoms with van der Waals surface area (Å²) in [5, 5.41) is 14.1. The van der Waals surface area contributed by atoms with Crippen molar-refractivity contribution in [1.29, 1.82) is 0 Å². The number of anilines is 1. The van der Waals surface area contributed by atoms with E-state index in [0.29, 0.717) is 0 Å². The van der Waals surface area contributed by atoms with Gasteiger partial charge in [0.15, 0.2) is 0 Å². The van der Waals surface area contributed by atoms with Crippen molar-refractivity contribution in [2.75, 3.05) is 50.8 Å². The molecule has 2 aliphatic rings. The van der Waals surface area contributed by atoms with Gasteiger partial charge in [-0.3, -0.25) is 4.90 Å². The van der Waals surface area contributed by atoms with E-state index in [1.807, 2.05) is 25.1 Å². The highest BCUT2D eigenvalue weighted by Crippen LogP contribution is 2.32. The average molecular weight is 333 g/mol. The van der Waals surface area contributed by atoms with E-state index in [2.05, 4.69) is 27.2 Å². The van der Waals surface area contributed by atoms with Crippen LogP contribution in [0.5, 0.6) is 0 Å². The van der Waals surface area contributed by atoms with Gasteiger partial charge in [-0.1, -0.05) is 25.1 Å². The van der Waals surface area contributed by atoms with Crippen molar-refractivity contribution in [3.05, 3.63) is 30.3 Å². The van der Waals surface area contributed by atoms with Gasteiger partial charge in [-0.25, -0.2) is 0 Å². The predicted molar refractivity (Wildman–Crippen MR) is 97.3 cm³/mol. The number of aliphatic hydroxyl groups is 1. The zero-order chi connectivity index (χ0) is 16.8. The number of ether oxygens (including phenoxy) is 1. The van der Waals surface area contributed by atoms with Crippen molar-refractivity contribution in [1.82, 2.24) is 10.2 Å². The highest BCUT2D eigenvalue weighted by atomic mass is 16.5. The van der Waals surface area contributed by atoms with E-state index in [9.17, 15) is 5.11 Å². The van der Waals surface area contributed by atoms with E-state index in [4.69, 9.17) is 4.74 Å². The van der Waals surface area contributed by atoms with Gasteiger partial charge in [-0.15, -0.1) is 0 Å². The van der Waals surface area contributed by atoms with Gasteiger partial charge in [0.2, 0.25) is 0 Å². The quantitative estimate of drug-likeness (QED) is 0.776. The second-order valence-corrected chi connectivity index (χ2v) is 6.93. The van der Waals surface area contributed by atoms with E-state index in [0.717, 1.165) is 70.9 Å². The number of hydrogen-bond donors (Lipinski definition) is 2. The summed E-state index contributed by atoms with van der Waals surface area (Å²) in [6, 6.07) is 10.3. The Kier molecular flexibility index (Phi) is 6.11. The summed E-state index contributed by atoms with van der Waals surface area (Å²) in [6.45, 7) is 8.77. The monoisotopic (exact) mass is 333 g/mol. The number of piperazine rings is 1. The molecule has 1 unspecified atom stereocenters. The lowest BCUT2D eigenvalue weighted by Crippen LogP contribution is -2.63. The van der Waals surface area contributed by atoms with Crippen LogP contribution >= 0.6 is 0 Å². The fourth-order valence-corrected chi connectivity index (χ4v) is 3.99. The molecule has 24 heavy (non-hydrogen) atoms. The highest BCUT2D eigenvalue weighted by Gasteiger charge is 2.41. The Labute approximate surface area is 145 Å². The van der Waals surface area contributed by atoms with Crippen molar-refractivity contribution in [3.63, 3.8) is 0 Å². The number of hydrogen-bond acceptors (Lipinski definition) is 5. The van der Waals surface area contributed by atoms with Crippen LogP contribution in [-0.4, -0.2) is 67.7 Å². The van der Waals surface area contributed by atoms with Gasteiger partial charge in [-0.05, 0) is 31.4 Å². The summed E-state index contributed by atoms with van der Waals surface area (Å²) >= 11 is 0. The van der Waals surface area contributed by atoms with Crippen LogP contribution in [0.2, 0.25) is 0 Å². The van der Waals surface area contributed by atoms with Gasteiger partial charge < -0.3 is 20.1 Å². The van der Waals surface area contributed by atoms with Crippen LogP contribution in [-0.2, 0) is 4.74 Å². The predicted octanol–water partition coefficient (Wildman–Crippen LogP) is 1.68. The van der Waals surface area contributed by atoms with E-state index in [-0.39, 0.29) is 5.54 Å². The van der Waals surface area contributed by atoms with Crippen molar-refractivity contribution in [3.8, 4) is 0 Å². The standard InChI is InChI=1S/C19H31N3O2/c1-2-18(23)22(17-6-4-3-5-7-17)16-19(8-14-24-15-9-19)21-12-10-20-11-13-21/h3-7,18,20,23H,2,8-16H2,1H3. The van der Waals surface area contributed by atoms with E-state index < -0.39 is 6.23 Å². The van der Waals surface area contributed by atoms with Crippen molar-refractivity contribution in [2.45, 2.75) is 38.0 Å². The first-order chi connectivity index (χ1) is 11.7. The molecule has 0 bridgehead atoms. The van der Waals surface area contributed by atoms with E-state index in [1.165, 1.54) is 0 Å². The molecule has 0 saturated carbocycles. The molecule has 2 heterocycles. The summed E-state index contributed by atoms with van der Waals surface area (Å²) in [7, 11) is 0. The lowest BCUT2D eigenvalue weighted by Gasteiger charge is -2.51. The third-order valence-corrected chi connectivity index (χ3v) is 5.49. The maximum absolute atomic E-state index is 10.7. The smallest absolute Gasteiger partial charge is 0.126 e. The van der Waals surface area contributed by atoms with E-state index in [1.54, 1.807) is 0 Å². The molecule has 5 heteroatoms. The molecule has 1 aromatic rings. The Morgan fingerprint density at radius 2 is 1.88 bits per heavy atom. The molecule has 0 aliphatic carbocycles. The fourth-order valence-electron chi connectivity index (χ4n) is 3.99. The van der Waals surface area contributed by atoms with Crippen LogP contribution in [0.4, 0.5) is 5.69 Å². The van der Waals surface area contributed by atoms with Crippen LogP contribution in [0.1, 0.15) is 26.2 Å². The molecule has 0 spiro atoms. The third kappa shape index (κ3) is 3.91. The molecule has 0 aromatic heterocycles. The zero-order valence-electron chi connectivity index (χ0n) is 14.8. The Morgan fingerprint density at radius 3 is 2.50 bits per heavy atom. The molecule has 2 fully saturated rings. The molecule has 0 amide bonds. The maximum Gasteiger partial charge on any atom is 0.126 e. The molecule has 1 atom stereocenters. The summed E-state index contributed by atoms with van der Waals surface area (Å²) < 4.78 is 5.67. The minimum atomic E-state index is -0.449. The number of nitrogens with zero attached hydrogens (tertiary/aromatic N) is 2. The number of nitrogens with one attached hydrogen (secondary N) is 1. The second-order valence-electron chi connectivity index (χ2n) is 6.93. The molecule has 5 nitrogen and oxygen atoms in total. The molecule has 0 radical (unpaired) electrons. The Bertz CT molecular complexity index is 485. The van der Waals surface area contributed by atoms with Gasteiger partial charge in [0.1, 0.15) is 6.23 Å². The fraction of sp³-hybridized carbons (Fsp3) is 0.684. The molecule has 134 valence electrons. The van der Waals surface area contributed by atoms with Gasteiger partial charge >= 0.3 is 0 Å². The normalized spacial score (nSPS) is 22.9. The third-order valence-electron chi connectivity index (χ3n) is 5.49. The molecule has 2 N–H and O–H groups in total. The SMILES string of the molecule is CCC(O)N(CC1(N2CCNCC2)CCOCC1)c1ccccc1. The van der Waals surface area contributed by atoms with Crippen LogP contribution in [0.25, 0.3) is 0 Å². The first-order valence-corrected chi connectivity index (χ1v) is 9.28. The first kappa shape index (κ1) is 17.7. The maximum atomic E-state index is 10.7. The Hall–Kier alpha value is -1.14. The lowest BCUT2D eigenvalue weighted by atomic mass is 9.86. The minimum Gasteiger partial charge on any atom is -0.381 e. The number of rotatable bonds is 6. The van der Waals surface area contributed by atoms with Gasteiger partial charge in [-0.2, -0.15) is 0 Å². The number of aliphatic hydroxyl groups excluding tert-OH is 1. The Morgan fingerprint density at radius 1 is 1.21 bits per heavy atom. The van der Waals surface area contributed by atoms with Gasteiger partial charge in [0, 0.05) is 57.2 Å². The number of benzene rings is 1. The van der Waals surface area contributed by atoms with Crippen molar-refractivity contribution >= 4 is 5.69 Å². The average Bonchev–Trinajstić information content (AvgIpc) is 2.68. The number of para-hydroxylation sites is 1. The van der Waals surface area contributed by atoms with Crippen LogP contribution in [0.3, 0.4) is 0 Å². The molecule has 1 aromatic carbocycles. The van der Waals surface area contributed by atoms with E-state index >= 15 is 0 Å². The summed E-state index contributed by atoms with van der Waals surface area (Å²) in [4.78, 5) is 4.82. The van der Waals surface area contributed by atoms with Crippen LogP contribution in [0, 0.1) is 0 Å². The van der Waals surface area contributed by atoms with Gasteiger partial charge in [0.05, 0.1) is 0 Å². The lowest BCUT2D eigenvalue weighted by molar-refractivity contribution is -0.0336. The second kappa shape index (κ2) is 8.30. The zero-order valence-corrected chi connectivity index (χ0v) is 14.8. The van der Waals surface area contributed by atoms with Crippen LogP contribution < -0.4 is 10.2 Å². The van der Waals surface area contributed by atoms with Crippen molar-refractivity contribution in [2.24, 2.45) is 0 Å². The van der Waals surface area contributed by atoms with Crippen molar-refractivity contribution < 1.29 is 9.84 Å². The molecule has 3 rings (SSSR count). The molecular formula is C19H31N3O2.